The number of hydrogen-bond acceptors (Lipinski definition) is 2. The van der Waals surface area contributed by atoms with Crippen molar-refractivity contribution in [1.82, 2.24) is 0 Å². The van der Waals surface area contributed by atoms with Crippen LogP contribution in [0.25, 0.3) is 0 Å². The van der Waals surface area contributed by atoms with Gasteiger partial charge in [0.25, 0.3) is 0 Å². The topological polar surface area (TPSA) is 37.3 Å². The molecule has 2 aliphatic carbocycles. The first-order chi connectivity index (χ1) is 10.7. The Morgan fingerprint density at radius 3 is 2.43 bits per heavy atom. The van der Waals surface area contributed by atoms with Gasteiger partial charge in [-0.3, -0.25) is 4.79 Å². The summed E-state index contributed by atoms with van der Waals surface area (Å²) < 4.78 is 0. The van der Waals surface area contributed by atoms with Crippen LogP contribution in [-0.2, 0) is 4.79 Å². The molecule has 2 rings (SSSR count). The van der Waals surface area contributed by atoms with Gasteiger partial charge in [0, 0.05) is 17.8 Å². The molecule has 6 unspecified atom stereocenters. The lowest BCUT2D eigenvalue weighted by atomic mass is 9.45. The molecule has 2 aliphatic rings. The number of aliphatic hydroxyl groups is 1. The summed E-state index contributed by atoms with van der Waals surface area (Å²) in [6.07, 6.45) is 6.95. The van der Waals surface area contributed by atoms with E-state index in [1.165, 1.54) is 12.8 Å². The fourth-order valence-electron chi connectivity index (χ4n) is 6.27. The molecule has 0 heterocycles. The molecule has 6 atom stereocenters. The molecule has 23 heavy (non-hydrogen) atoms. The summed E-state index contributed by atoms with van der Waals surface area (Å²) in [4.78, 5) is 12.2. The first-order valence-corrected chi connectivity index (χ1v) is 9.98. The van der Waals surface area contributed by atoms with Crippen molar-refractivity contribution >= 4 is 5.78 Å². The Morgan fingerprint density at radius 1 is 1.26 bits per heavy atom. The van der Waals surface area contributed by atoms with E-state index in [9.17, 15) is 9.90 Å². The van der Waals surface area contributed by atoms with Gasteiger partial charge < -0.3 is 5.11 Å². The van der Waals surface area contributed by atoms with E-state index in [2.05, 4.69) is 41.5 Å². The molecule has 0 aromatic heterocycles. The van der Waals surface area contributed by atoms with Crippen LogP contribution in [0, 0.1) is 35.0 Å². The average molecular weight is 323 g/mol. The minimum absolute atomic E-state index is 0.0983. The summed E-state index contributed by atoms with van der Waals surface area (Å²) >= 11 is 0. The third kappa shape index (κ3) is 2.90. The van der Waals surface area contributed by atoms with E-state index in [1.807, 2.05) is 0 Å². The van der Waals surface area contributed by atoms with E-state index in [0.717, 1.165) is 25.7 Å². The smallest absolute Gasteiger partial charge is 0.136 e. The largest absolute Gasteiger partial charge is 0.389 e. The van der Waals surface area contributed by atoms with Gasteiger partial charge in [-0.2, -0.15) is 0 Å². The summed E-state index contributed by atoms with van der Waals surface area (Å²) in [5, 5.41) is 11.9. The van der Waals surface area contributed by atoms with E-state index in [4.69, 9.17) is 0 Å². The standard InChI is InChI=1S/C21H38O2/c1-7-9-16(14(3)4)18-11-10-17-15(5)19(22)12-13-20(17,6)21(18,23)8-2/h14-18,23H,7-13H2,1-6H3. The van der Waals surface area contributed by atoms with E-state index in [0.29, 0.717) is 35.9 Å². The summed E-state index contributed by atoms with van der Waals surface area (Å²) in [7, 11) is 0. The van der Waals surface area contributed by atoms with E-state index >= 15 is 0 Å². The highest BCUT2D eigenvalue weighted by Crippen LogP contribution is 2.61. The van der Waals surface area contributed by atoms with Crippen LogP contribution >= 0.6 is 0 Å². The Balaban J connectivity index is 2.40. The zero-order valence-electron chi connectivity index (χ0n) is 16.2. The molecule has 2 saturated carbocycles. The molecule has 0 saturated heterocycles. The number of rotatable bonds is 5. The molecule has 2 nitrogen and oxygen atoms in total. The van der Waals surface area contributed by atoms with E-state index in [1.54, 1.807) is 0 Å². The van der Waals surface area contributed by atoms with Crippen molar-refractivity contribution in [1.29, 1.82) is 0 Å². The van der Waals surface area contributed by atoms with Gasteiger partial charge >= 0.3 is 0 Å². The molecule has 2 heteroatoms. The SMILES string of the molecule is CCCC(C(C)C)C1CCC2C(C)C(=O)CCC2(C)C1(O)CC. The minimum Gasteiger partial charge on any atom is -0.389 e. The number of carbonyl (C=O) groups excluding carboxylic acids is 1. The molecule has 0 aromatic rings. The van der Waals surface area contributed by atoms with Crippen LogP contribution in [-0.4, -0.2) is 16.5 Å². The lowest BCUT2D eigenvalue weighted by Crippen LogP contribution is -2.63. The number of ketones is 1. The average Bonchev–Trinajstić information content (AvgIpc) is 2.51. The predicted molar refractivity (Wildman–Crippen MR) is 96.2 cm³/mol. The molecule has 1 N–H and O–H groups in total. The molecule has 0 spiro atoms. The molecule has 0 radical (unpaired) electrons. The maximum absolute atomic E-state index is 12.2. The van der Waals surface area contributed by atoms with Gasteiger partial charge in [-0.25, -0.2) is 0 Å². The Morgan fingerprint density at radius 2 is 1.91 bits per heavy atom. The van der Waals surface area contributed by atoms with Crippen LogP contribution in [0.2, 0.25) is 0 Å². The molecule has 0 aliphatic heterocycles. The van der Waals surface area contributed by atoms with Gasteiger partial charge in [0.2, 0.25) is 0 Å². The van der Waals surface area contributed by atoms with Crippen molar-refractivity contribution < 1.29 is 9.90 Å². The van der Waals surface area contributed by atoms with Crippen LogP contribution < -0.4 is 0 Å². The number of hydrogen-bond donors (Lipinski definition) is 1. The second-order valence-corrected chi connectivity index (χ2v) is 8.94. The highest BCUT2D eigenvalue weighted by atomic mass is 16.3. The van der Waals surface area contributed by atoms with Gasteiger partial charge in [-0.05, 0) is 49.4 Å². The Labute approximate surface area is 143 Å². The summed E-state index contributed by atoms with van der Waals surface area (Å²) in [6, 6.07) is 0. The minimum atomic E-state index is -0.616. The lowest BCUT2D eigenvalue weighted by Gasteiger charge is -2.62. The van der Waals surface area contributed by atoms with Gasteiger partial charge in [0.05, 0.1) is 5.60 Å². The van der Waals surface area contributed by atoms with Crippen LogP contribution in [0.5, 0.6) is 0 Å². The van der Waals surface area contributed by atoms with Crippen LogP contribution in [0.15, 0.2) is 0 Å². The van der Waals surface area contributed by atoms with E-state index in [-0.39, 0.29) is 11.3 Å². The van der Waals surface area contributed by atoms with Crippen molar-refractivity contribution in [3.05, 3.63) is 0 Å². The third-order valence-corrected chi connectivity index (χ3v) is 7.75. The van der Waals surface area contributed by atoms with Crippen molar-refractivity contribution in [2.45, 2.75) is 92.1 Å². The Hall–Kier alpha value is -0.370. The quantitative estimate of drug-likeness (QED) is 0.752. The van der Waals surface area contributed by atoms with Crippen LogP contribution in [0.1, 0.15) is 86.5 Å². The monoisotopic (exact) mass is 322 g/mol. The number of carbonyl (C=O) groups is 1. The molecule has 2 fully saturated rings. The van der Waals surface area contributed by atoms with Gasteiger partial charge in [-0.15, -0.1) is 0 Å². The lowest BCUT2D eigenvalue weighted by molar-refractivity contribution is -0.212. The normalized spacial score (nSPS) is 42.6. The highest BCUT2D eigenvalue weighted by molar-refractivity contribution is 5.82. The summed E-state index contributed by atoms with van der Waals surface area (Å²) in [5.74, 6) is 2.49. The second-order valence-electron chi connectivity index (χ2n) is 8.94. The van der Waals surface area contributed by atoms with Gasteiger partial charge in [-0.1, -0.05) is 54.4 Å². The number of fused-ring (bicyclic) bond motifs is 1. The molecular weight excluding hydrogens is 284 g/mol. The Kier molecular flexibility index (Phi) is 5.66. The summed E-state index contributed by atoms with van der Waals surface area (Å²) in [6.45, 7) is 13.4. The summed E-state index contributed by atoms with van der Waals surface area (Å²) in [5.41, 5.74) is -0.714. The predicted octanol–water partition coefficient (Wildman–Crippen LogP) is 5.23. The fraction of sp³-hybridized carbons (Fsp3) is 0.952. The zero-order chi connectivity index (χ0) is 17.4. The molecule has 0 aromatic carbocycles. The maximum Gasteiger partial charge on any atom is 0.136 e. The number of Topliss-reactive ketones (excluding diaryl/α,β-unsaturated/α-hetero) is 1. The first-order valence-electron chi connectivity index (χ1n) is 9.98. The zero-order valence-corrected chi connectivity index (χ0v) is 16.2. The van der Waals surface area contributed by atoms with Crippen molar-refractivity contribution in [2.75, 3.05) is 0 Å². The Bertz CT molecular complexity index is 430. The van der Waals surface area contributed by atoms with Crippen molar-refractivity contribution in [3.8, 4) is 0 Å². The van der Waals surface area contributed by atoms with Gasteiger partial charge in [0.1, 0.15) is 5.78 Å². The molecule has 134 valence electrons. The van der Waals surface area contributed by atoms with Crippen molar-refractivity contribution in [2.24, 2.45) is 35.0 Å². The van der Waals surface area contributed by atoms with E-state index < -0.39 is 5.60 Å². The van der Waals surface area contributed by atoms with Gasteiger partial charge in [0.15, 0.2) is 0 Å². The molecule has 0 bridgehead atoms. The highest BCUT2D eigenvalue weighted by Gasteiger charge is 2.61. The first kappa shape index (κ1) is 19.0. The van der Waals surface area contributed by atoms with Crippen LogP contribution in [0.3, 0.4) is 0 Å². The third-order valence-electron chi connectivity index (χ3n) is 7.75. The fourth-order valence-corrected chi connectivity index (χ4v) is 6.27. The molecular formula is C21H38O2. The second kappa shape index (κ2) is 6.86. The van der Waals surface area contributed by atoms with Crippen molar-refractivity contribution in [3.63, 3.8) is 0 Å². The maximum atomic E-state index is 12.2. The van der Waals surface area contributed by atoms with Crippen LogP contribution in [0.4, 0.5) is 0 Å². The molecule has 0 amide bonds.